The summed E-state index contributed by atoms with van der Waals surface area (Å²) in [5.74, 6) is -0.518. The summed E-state index contributed by atoms with van der Waals surface area (Å²) < 4.78 is 13.8. The standard InChI is InChI=1S/C17H19FN2O/c1-11-6-12(2)8-14(7-11)10-19-17-9-15(20-13(3)21)4-5-16(17)18/h4-9,19H,10H2,1-3H3,(H,20,21). The maximum Gasteiger partial charge on any atom is 0.221 e. The van der Waals surface area contributed by atoms with Gasteiger partial charge in [0.15, 0.2) is 0 Å². The molecule has 0 saturated carbocycles. The quantitative estimate of drug-likeness (QED) is 0.891. The molecule has 0 aliphatic rings. The van der Waals surface area contributed by atoms with Gasteiger partial charge in [0.1, 0.15) is 5.82 Å². The first-order chi connectivity index (χ1) is 9.94. The molecule has 21 heavy (non-hydrogen) atoms. The topological polar surface area (TPSA) is 41.1 Å². The molecule has 0 heterocycles. The van der Waals surface area contributed by atoms with Crippen LogP contribution < -0.4 is 10.6 Å². The molecule has 2 aromatic rings. The Kier molecular flexibility index (Phi) is 4.58. The first-order valence-corrected chi connectivity index (χ1v) is 6.82. The second kappa shape index (κ2) is 6.39. The highest BCUT2D eigenvalue weighted by molar-refractivity contribution is 5.89. The van der Waals surface area contributed by atoms with Crippen LogP contribution in [0.15, 0.2) is 36.4 Å². The van der Waals surface area contributed by atoms with Crippen molar-refractivity contribution in [3.8, 4) is 0 Å². The van der Waals surface area contributed by atoms with Gasteiger partial charge in [-0.05, 0) is 37.6 Å². The van der Waals surface area contributed by atoms with Gasteiger partial charge in [-0.15, -0.1) is 0 Å². The van der Waals surface area contributed by atoms with Crippen LogP contribution in [-0.2, 0) is 11.3 Å². The van der Waals surface area contributed by atoms with E-state index >= 15 is 0 Å². The molecule has 0 atom stereocenters. The Morgan fingerprint density at radius 2 is 1.76 bits per heavy atom. The SMILES string of the molecule is CC(=O)Nc1ccc(F)c(NCc2cc(C)cc(C)c2)c1. The van der Waals surface area contributed by atoms with Crippen molar-refractivity contribution in [2.24, 2.45) is 0 Å². The van der Waals surface area contributed by atoms with E-state index in [9.17, 15) is 9.18 Å². The van der Waals surface area contributed by atoms with E-state index in [-0.39, 0.29) is 11.7 Å². The van der Waals surface area contributed by atoms with Gasteiger partial charge in [-0.3, -0.25) is 4.79 Å². The molecule has 0 fully saturated rings. The molecule has 0 aliphatic heterocycles. The molecule has 0 aromatic heterocycles. The van der Waals surface area contributed by atoms with E-state index < -0.39 is 0 Å². The van der Waals surface area contributed by atoms with Crippen molar-refractivity contribution in [3.63, 3.8) is 0 Å². The van der Waals surface area contributed by atoms with Gasteiger partial charge in [-0.1, -0.05) is 29.3 Å². The molecule has 110 valence electrons. The zero-order valence-electron chi connectivity index (χ0n) is 12.5. The number of aryl methyl sites for hydroxylation is 2. The summed E-state index contributed by atoms with van der Waals surface area (Å²) in [4.78, 5) is 11.0. The van der Waals surface area contributed by atoms with Crippen molar-refractivity contribution in [3.05, 3.63) is 58.9 Å². The fourth-order valence-electron chi connectivity index (χ4n) is 2.31. The normalized spacial score (nSPS) is 10.3. The molecule has 0 aliphatic carbocycles. The average Bonchev–Trinajstić information content (AvgIpc) is 2.37. The van der Waals surface area contributed by atoms with Crippen LogP contribution in [0.25, 0.3) is 0 Å². The van der Waals surface area contributed by atoms with E-state index in [4.69, 9.17) is 0 Å². The van der Waals surface area contributed by atoms with Crippen molar-refractivity contribution in [2.45, 2.75) is 27.3 Å². The number of halogens is 1. The Morgan fingerprint density at radius 3 is 2.38 bits per heavy atom. The predicted octanol–water partition coefficient (Wildman–Crippen LogP) is 4.01. The van der Waals surface area contributed by atoms with Crippen molar-refractivity contribution < 1.29 is 9.18 Å². The summed E-state index contributed by atoms with van der Waals surface area (Å²) in [6.07, 6.45) is 0. The fourth-order valence-corrected chi connectivity index (χ4v) is 2.31. The minimum atomic E-state index is -0.339. The van der Waals surface area contributed by atoms with Crippen LogP contribution in [0.1, 0.15) is 23.6 Å². The Hall–Kier alpha value is -2.36. The van der Waals surface area contributed by atoms with E-state index in [1.54, 1.807) is 12.1 Å². The zero-order chi connectivity index (χ0) is 15.4. The van der Waals surface area contributed by atoms with Crippen LogP contribution in [0.5, 0.6) is 0 Å². The van der Waals surface area contributed by atoms with Crippen LogP contribution in [0, 0.1) is 19.7 Å². The molecule has 0 unspecified atom stereocenters. The van der Waals surface area contributed by atoms with Crippen LogP contribution in [0.4, 0.5) is 15.8 Å². The number of anilines is 2. The first-order valence-electron chi connectivity index (χ1n) is 6.82. The van der Waals surface area contributed by atoms with Crippen molar-refractivity contribution in [1.82, 2.24) is 0 Å². The molecule has 0 bridgehead atoms. The van der Waals surface area contributed by atoms with E-state index in [0.717, 1.165) is 5.56 Å². The molecule has 2 N–H and O–H groups in total. The number of nitrogens with one attached hydrogen (secondary N) is 2. The summed E-state index contributed by atoms with van der Waals surface area (Å²) in [6, 6.07) is 10.7. The molecule has 0 spiro atoms. The summed E-state index contributed by atoms with van der Waals surface area (Å²) in [5, 5.41) is 5.71. The molecular weight excluding hydrogens is 267 g/mol. The lowest BCUT2D eigenvalue weighted by atomic mass is 10.1. The minimum Gasteiger partial charge on any atom is -0.379 e. The van der Waals surface area contributed by atoms with Crippen molar-refractivity contribution >= 4 is 17.3 Å². The molecule has 0 saturated heterocycles. The Morgan fingerprint density at radius 1 is 1.10 bits per heavy atom. The molecule has 4 heteroatoms. The smallest absolute Gasteiger partial charge is 0.221 e. The molecular formula is C17H19FN2O. The largest absolute Gasteiger partial charge is 0.379 e. The van der Waals surface area contributed by atoms with E-state index in [1.807, 2.05) is 13.8 Å². The highest BCUT2D eigenvalue weighted by atomic mass is 19.1. The van der Waals surface area contributed by atoms with Gasteiger partial charge in [-0.25, -0.2) is 4.39 Å². The van der Waals surface area contributed by atoms with Gasteiger partial charge in [0.25, 0.3) is 0 Å². The Balaban J connectivity index is 2.13. The van der Waals surface area contributed by atoms with E-state index in [1.165, 1.54) is 24.1 Å². The summed E-state index contributed by atoms with van der Waals surface area (Å²) >= 11 is 0. The maximum absolute atomic E-state index is 13.8. The second-order valence-corrected chi connectivity index (χ2v) is 5.23. The van der Waals surface area contributed by atoms with Crippen LogP contribution >= 0.6 is 0 Å². The summed E-state index contributed by atoms with van der Waals surface area (Å²) in [7, 11) is 0. The highest BCUT2D eigenvalue weighted by Gasteiger charge is 2.05. The van der Waals surface area contributed by atoms with Crippen molar-refractivity contribution in [2.75, 3.05) is 10.6 Å². The van der Waals surface area contributed by atoms with Gasteiger partial charge in [-0.2, -0.15) is 0 Å². The van der Waals surface area contributed by atoms with Gasteiger partial charge in [0.05, 0.1) is 5.69 Å². The average molecular weight is 286 g/mol. The molecule has 0 radical (unpaired) electrons. The number of hydrogen-bond acceptors (Lipinski definition) is 2. The molecule has 3 nitrogen and oxygen atoms in total. The van der Waals surface area contributed by atoms with Gasteiger partial charge in [0, 0.05) is 19.2 Å². The third-order valence-electron chi connectivity index (χ3n) is 3.05. The van der Waals surface area contributed by atoms with Crippen molar-refractivity contribution in [1.29, 1.82) is 0 Å². The summed E-state index contributed by atoms with van der Waals surface area (Å²) in [6.45, 7) is 6.03. The molecule has 1 amide bonds. The third-order valence-corrected chi connectivity index (χ3v) is 3.05. The fraction of sp³-hybridized carbons (Fsp3) is 0.235. The van der Waals surface area contributed by atoms with Gasteiger partial charge < -0.3 is 10.6 Å². The first kappa shape index (κ1) is 15.0. The number of carbonyl (C=O) groups is 1. The van der Waals surface area contributed by atoms with Gasteiger partial charge in [0.2, 0.25) is 5.91 Å². The maximum atomic E-state index is 13.8. The minimum absolute atomic E-state index is 0.179. The number of hydrogen-bond donors (Lipinski definition) is 2. The lowest BCUT2D eigenvalue weighted by molar-refractivity contribution is -0.114. The monoisotopic (exact) mass is 286 g/mol. The molecule has 2 aromatic carbocycles. The Labute approximate surface area is 124 Å². The number of benzene rings is 2. The lowest BCUT2D eigenvalue weighted by Crippen LogP contribution is -2.07. The van der Waals surface area contributed by atoms with Crippen LogP contribution in [0.3, 0.4) is 0 Å². The van der Waals surface area contributed by atoms with E-state index in [2.05, 4.69) is 28.8 Å². The number of rotatable bonds is 4. The predicted molar refractivity (Wildman–Crippen MR) is 83.9 cm³/mol. The van der Waals surface area contributed by atoms with E-state index in [0.29, 0.717) is 17.9 Å². The Bertz CT molecular complexity index is 648. The van der Waals surface area contributed by atoms with Crippen LogP contribution in [0.2, 0.25) is 0 Å². The number of carbonyl (C=O) groups excluding carboxylic acids is 1. The highest BCUT2D eigenvalue weighted by Crippen LogP contribution is 2.21. The second-order valence-electron chi connectivity index (χ2n) is 5.23. The van der Waals surface area contributed by atoms with Crippen LogP contribution in [-0.4, -0.2) is 5.91 Å². The number of amides is 1. The van der Waals surface area contributed by atoms with Gasteiger partial charge >= 0.3 is 0 Å². The summed E-state index contributed by atoms with van der Waals surface area (Å²) in [5.41, 5.74) is 4.41. The zero-order valence-corrected chi connectivity index (χ0v) is 12.5. The third kappa shape index (κ3) is 4.31. The molecule has 2 rings (SSSR count). The lowest BCUT2D eigenvalue weighted by Gasteiger charge is -2.11.